The Balaban J connectivity index is 1.91. The van der Waals surface area contributed by atoms with Crippen LogP contribution in [-0.2, 0) is 0 Å². The van der Waals surface area contributed by atoms with Gasteiger partial charge in [-0.1, -0.05) is 32.3 Å². The number of aromatic nitrogens is 1. The molecule has 0 saturated heterocycles. The molecule has 1 fully saturated rings. The van der Waals surface area contributed by atoms with Crippen LogP contribution in [-0.4, -0.2) is 16.2 Å². The zero-order valence-electron chi connectivity index (χ0n) is 9.26. The van der Waals surface area contributed by atoms with E-state index < -0.39 is 0 Å². The van der Waals surface area contributed by atoms with Crippen LogP contribution in [0, 0.1) is 5.92 Å². The number of pyridine rings is 1. The predicted octanol–water partition coefficient (Wildman–Crippen LogP) is 2.74. The van der Waals surface area contributed by atoms with Gasteiger partial charge in [0.1, 0.15) is 0 Å². The third-order valence-corrected chi connectivity index (χ3v) is 3.53. The highest BCUT2D eigenvalue weighted by atomic mass is 16.3. The van der Waals surface area contributed by atoms with Gasteiger partial charge in [-0.2, -0.15) is 0 Å². The van der Waals surface area contributed by atoms with Crippen molar-refractivity contribution in [3.05, 3.63) is 30.1 Å². The van der Waals surface area contributed by atoms with E-state index in [9.17, 15) is 5.11 Å². The quantitative estimate of drug-likeness (QED) is 0.820. The van der Waals surface area contributed by atoms with E-state index in [0.29, 0.717) is 0 Å². The lowest BCUT2D eigenvalue weighted by atomic mass is 9.79. The minimum absolute atomic E-state index is 0.159. The molecule has 1 heterocycles. The van der Waals surface area contributed by atoms with Crippen molar-refractivity contribution < 1.29 is 5.11 Å². The Morgan fingerprint density at radius 1 is 1.47 bits per heavy atom. The molecule has 0 aromatic carbocycles. The van der Waals surface area contributed by atoms with Gasteiger partial charge in [0.2, 0.25) is 0 Å². The fourth-order valence-electron chi connectivity index (χ4n) is 2.12. The Kier molecular flexibility index (Phi) is 3.37. The standard InChI is InChI=1S/C13H19NO/c1-10(12-7-2-3-8-14-12)13(15)9-11-5-4-6-11/h2-3,7-8,10-11,13,15H,4-6,9H2,1H3. The van der Waals surface area contributed by atoms with Crippen molar-refractivity contribution >= 4 is 0 Å². The molecule has 2 heteroatoms. The molecule has 15 heavy (non-hydrogen) atoms. The van der Waals surface area contributed by atoms with E-state index in [1.807, 2.05) is 18.2 Å². The summed E-state index contributed by atoms with van der Waals surface area (Å²) < 4.78 is 0. The molecule has 82 valence electrons. The molecule has 1 N–H and O–H groups in total. The first-order valence-electron chi connectivity index (χ1n) is 5.86. The van der Waals surface area contributed by atoms with Gasteiger partial charge in [-0.05, 0) is 24.5 Å². The first kappa shape index (κ1) is 10.6. The molecule has 0 aliphatic heterocycles. The van der Waals surface area contributed by atoms with Gasteiger partial charge in [0.15, 0.2) is 0 Å². The minimum Gasteiger partial charge on any atom is -0.392 e. The Morgan fingerprint density at radius 2 is 2.27 bits per heavy atom. The largest absolute Gasteiger partial charge is 0.392 e. The van der Waals surface area contributed by atoms with Gasteiger partial charge in [-0.3, -0.25) is 4.98 Å². The van der Waals surface area contributed by atoms with E-state index in [4.69, 9.17) is 0 Å². The first-order chi connectivity index (χ1) is 7.27. The summed E-state index contributed by atoms with van der Waals surface area (Å²) in [7, 11) is 0. The highest BCUT2D eigenvalue weighted by Gasteiger charge is 2.25. The van der Waals surface area contributed by atoms with Gasteiger partial charge in [0.25, 0.3) is 0 Å². The fourth-order valence-corrected chi connectivity index (χ4v) is 2.12. The van der Waals surface area contributed by atoms with Crippen LogP contribution in [0.2, 0.25) is 0 Å². The SMILES string of the molecule is CC(c1ccccn1)C(O)CC1CCC1. The van der Waals surface area contributed by atoms with Crippen LogP contribution in [0.15, 0.2) is 24.4 Å². The normalized spacial score (nSPS) is 20.7. The molecule has 0 spiro atoms. The summed E-state index contributed by atoms with van der Waals surface area (Å²) in [4.78, 5) is 4.29. The average Bonchev–Trinajstić information content (AvgIpc) is 2.23. The van der Waals surface area contributed by atoms with E-state index >= 15 is 0 Å². The summed E-state index contributed by atoms with van der Waals surface area (Å²) in [6.45, 7) is 2.06. The number of aliphatic hydroxyl groups excluding tert-OH is 1. The molecular formula is C13H19NO. The fraction of sp³-hybridized carbons (Fsp3) is 0.615. The van der Waals surface area contributed by atoms with Crippen LogP contribution < -0.4 is 0 Å². The summed E-state index contributed by atoms with van der Waals surface area (Å²) in [6.07, 6.45) is 6.44. The smallest absolute Gasteiger partial charge is 0.0623 e. The van der Waals surface area contributed by atoms with Gasteiger partial charge in [0.05, 0.1) is 6.10 Å². The minimum atomic E-state index is -0.231. The molecule has 0 bridgehead atoms. The Hall–Kier alpha value is -0.890. The predicted molar refractivity (Wildman–Crippen MR) is 60.6 cm³/mol. The second kappa shape index (κ2) is 4.75. The molecule has 2 atom stereocenters. The van der Waals surface area contributed by atoms with Crippen molar-refractivity contribution in [2.75, 3.05) is 0 Å². The lowest BCUT2D eigenvalue weighted by Gasteiger charge is -2.29. The molecule has 1 aliphatic rings. The Bertz CT molecular complexity index is 295. The lowest BCUT2D eigenvalue weighted by molar-refractivity contribution is 0.0968. The summed E-state index contributed by atoms with van der Waals surface area (Å²) in [6, 6.07) is 5.89. The molecule has 1 aliphatic carbocycles. The maximum absolute atomic E-state index is 10.1. The topological polar surface area (TPSA) is 33.1 Å². The number of hydrogen-bond donors (Lipinski definition) is 1. The van der Waals surface area contributed by atoms with Crippen molar-refractivity contribution in [2.24, 2.45) is 5.92 Å². The Morgan fingerprint density at radius 3 is 2.80 bits per heavy atom. The molecule has 1 aromatic heterocycles. The number of hydrogen-bond acceptors (Lipinski definition) is 2. The molecule has 2 unspecified atom stereocenters. The van der Waals surface area contributed by atoms with Crippen LogP contribution in [0.1, 0.15) is 44.2 Å². The summed E-state index contributed by atoms with van der Waals surface area (Å²) in [5, 5.41) is 10.1. The third-order valence-electron chi connectivity index (χ3n) is 3.53. The molecule has 2 nitrogen and oxygen atoms in total. The van der Waals surface area contributed by atoms with Crippen LogP contribution >= 0.6 is 0 Å². The zero-order chi connectivity index (χ0) is 10.7. The molecule has 0 amide bonds. The highest BCUT2D eigenvalue weighted by molar-refractivity contribution is 5.10. The molecule has 1 aromatic rings. The van der Waals surface area contributed by atoms with Crippen LogP contribution in [0.3, 0.4) is 0 Å². The van der Waals surface area contributed by atoms with Gasteiger partial charge < -0.3 is 5.11 Å². The maximum Gasteiger partial charge on any atom is 0.0623 e. The van der Waals surface area contributed by atoms with Crippen molar-refractivity contribution in [3.63, 3.8) is 0 Å². The maximum atomic E-state index is 10.1. The molecule has 0 radical (unpaired) electrons. The van der Waals surface area contributed by atoms with Gasteiger partial charge in [0, 0.05) is 17.8 Å². The highest BCUT2D eigenvalue weighted by Crippen LogP contribution is 2.33. The van der Waals surface area contributed by atoms with Crippen LogP contribution in [0.5, 0.6) is 0 Å². The van der Waals surface area contributed by atoms with E-state index in [2.05, 4.69) is 11.9 Å². The molecular weight excluding hydrogens is 186 g/mol. The van der Waals surface area contributed by atoms with E-state index in [1.165, 1.54) is 19.3 Å². The second-order valence-corrected chi connectivity index (χ2v) is 4.64. The van der Waals surface area contributed by atoms with Gasteiger partial charge >= 0.3 is 0 Å². The number of nitrogens with zero attached hydrogens (tertiary/aromatic N) is 1. The molecule has 2 rings (SSSR count). The summed E-state index contributed by atoms with van der Waals surface area (Å²) >= 11 is 0. The van der Waals surface area contributed by atoms with Gasteiger partial charge in [-0.15, -0.1) is 0 Å². The van der Waals surface area contributed by atoms with E-state index in [-0.39, 0.29) is 12.0 Å². The van der Waals surface area contributed by atoms with Crippen LogP contribution in [0.4, 0.5) is 0 Å². The van der Waals surface area contributed by atoms with Crippen molar-refractivity contribution in [2.45, 2.75) is 44.6 Å². The summed E-state index contributed by atoms with van der Waals surface area (Å²) in [5.74, 6) is 0.915. The average molecular weight is 205 g/mol. The third kappa shape index (κ3) is 2.57. The zero-order valence-corrected chi connectivity index (χ0v) is 9.26. The van der Waals surface area contributed by atoms with Gasteiger partial charge in [-0.25, -0.2) is 0 Å². The first-order valence-corrected chi connectivity index (χ1v) is 5.86. The lowest BCUT2D eigenvalue weighted by Crippen LogP contribution is -2.24. The molecule has 1 saturated carbocycles. The second-order valence-electron chi connectivity index (χ2n) is 4.64. The van der Waals surface area contributed by atoms with Crippen molar-refractivity contribution in [1.29, 1.82) is 0 Å². The van der Waals surface area contributed by atoms with E-state index in [0.717, 1.165) is 18.0 Å². The van der Waals surface area contributed by atoms with Crippen LogP contribution in [0.25, 0.3) is 0 Å². The summed E-state index contributed by atoms with van der Waals surface area (Å²) in [5.41, 5.74) is 1.00. The van der Waals surface area contributed by atoms with Crippen molar-refractivity contribution in [3.8, 4) is 0 Å². The monoisotopic (exact) mass is 205 g/mol. The Labute approximate surface area is 91.4 Å². The van der Waals surface area contributed by atoms with Crippen molar-refractivity contribution in [1.82, 2.24) is 4.98 Å². The number of aliphatic hydroxyl groups is 1. The van der Waals surface area contributed by atoms with E-state index in [1.54, 1.807) is 6.20 Å². The number of rotatable bonds is 4.